The molecule has 2 N–H and O–H groups in total. The fourth-order valence-electron chi connectivity index (χ4n) is 1.53. The van der Waals surface area contributed by atoms with Gasteiger partial charge in [-0.2, -0.15) is 0 Å². The van der Waals surface area contributed by atoms with Crippen molar-refractivity contribution in [2.45, 2.75) is 45.2 Å². The first-order valence-corrected chi connectivity index (χ1v) is 5.10. The van der Waals surface area contributed by atoms with Crippen molar-refractivity contribution in [1.82, 2.24) is 4.90 Å². The molecule has 3 nitrogen and oxygen atoms in total. The van der Waals surface area contributed by atoms with Crippen LogP contribution >= 0.6 is 0 Å². The lowest BCUT2D eigenvalue weighted by molar-refractivity contribution is -0.133. The summed E-state index contributed by atoms with van der Waals surface area (Å²) in [6, 6.07) is 0.0521. The highest BCUT2D eigenvalue weighted by molar-refractivity contribution is 5.81. The summed E-state index contributed by atoms with van der Waals surface area (Å²) in [6.07, 6.45) is 3.25. The largest absolute Gasteiger partial charge is 0.341 e. The second-order valence-electron chi connectivity index (χ2n) is 4.04. The van der Waals surface area contributed by atoms with Crippen LogP contribution in [0.15, 0.2) is 0 Å². The van der Waals surface area contributed by atoms with Crippen LogP contribution in [0.3, 0.4) is 0 Å². The molecule has 1 saturated carbocycles. The normalized spacial score (nSPS) is 20.9. The highest BCUT2D eigenvalue weighted by Gasteiger charge is 2.33. The Balaban J connectivity index is 2.44. The Hall–Kier alpha value is -0.570. The van der Waals surface area contributed by atoms with Crippen molar-refractivity contribution < 1.29 is 4.79 Å². The quantitative estimate of drug-likeness (QED) is 0.708. The highest BCUT2D eigenvalue weighted by atomic mass is 16.2. The standard InChI is InChI=1S/C10H20N2O/c1-4-9(11)10(13)12(3)7(2)8-5-6-8/h7-9H,4-6,11H2,1-3H3/t7?,9-/m1/s1. The lowest BCUT2D eigenvalue weighted by Gasteiger charge is -2.27. The molecule has 1 aliphatic rings. The zero-order chi connectivity index (χ0) is 10.0. The van der Waals surface area contributed by atoms with E-state index in [1.807, 2.05) is 18.9 Å². The molecule has 0 bridgehead atoms. The molecule has 13 heavy (non-hydrogen) atoms. The van der Waals surface area contributed by atoms with E-state index >= 15 is 0 Å². The van der Waals surface area contributed by atoms with E-state index in [1.54, 1.807) is 0 Å². The van der Waals surface area contributed by atoms with E-state index in [0.717, 1.165) is 12.3 Å². The van der Waals surface area contributed by atoms with E-state index < -0.39 is 0 Å². The van der Waals surface area contributed by atoms with Crippen LogP contribution in [0.25, 0.3) is 0 Å². The second kappa shape index (κ2) is 4.09. The minimum atomic E-state index is -0.314. The van der Waals surface area contributed by atoms with Crippen molar-refractivity contribution in [3.8, 4) is 0 Å². The lowest BCUT2D eigenvalue weighted by atomic mass is 10.1. The van der Waals surface area contributed by atoms with Gasteiger partial charge in [-0.1, -0.05) is 6.92 Å². The summed E-state index contributed by atoms with van der Waals surface area (Å²) in [4.78, 5) is 13.5. The van der Waals surface area contributed by atoms with Gasteiger partial charge in [-0.25, -0.2) is 0 Å². The molecule has 0 spiro atoms. The fourth-order valence-corrected chi connectivity index (χ4v) is 1.53. The molecule has 0 aliphatic heterocycles. The third-order valence-corrected chi connectivity index (χ3v) is 3.02. The highest BCUT2D eigenvalue weighted by Crippen LogP contribution is 2.34. The number of nitrogens with zero attached hydrogens (tertiary/aromatic N) is 1. The Morgan fingerprint density at radius 1 is 1.62 bits per heavy atom. The maximum Gasteiger partial charge on any atom is 0.239 e. The summed E-state index contributed by atoms with van der Waals surface area (Å²) in [5, 5.41) is 0. The van der Waals surface area contributed by atoms with Gasteiger partial charge in [-0.05, 0) is 32.1 Å². The Morgan fingerprint density at radius 2 is 2.15 bits per heavy atom. The first kappa shape index (κ1) is 10.5. The zero-order valence-electron chi connectivity index (χ0n) is 8.79. The van der Waals surface area contributed by atoms with Crippen molar-refractivity contribution in [2.75, 3.05) is 7.05 Å². The Labute approximate surface area is 80.3 Å². The fraction of sp³-hybridized carbons (Fsp3) is 0.900. The molecule has 3 heteroatoms. The number of hydrogen-bond acceptors (Lipinski definition) is 2. The van der Waals surface area contributed by atoms with Crippen LogP contribution in [0.1, 0.15) is 33.1 Å². The Bertz CT molecular complexity index is 189. The maximum absolute atomic E-state index is 11.6. The van der Waals surface area contributed by atoms with Gasteiger partial charge in [0.25, 0.3) is 0 Å². The van der Waals surface area contributed by atoms with Gasteiger partial charge in [0.2, 0.25) is 5.91 Å². The summed E-state index contributed by atoms with van der Waals surface area (Å²) >= 11 is 0. The number of likely N-dealkylation sites (N-methyl/N-ethyl adjacent to an activating group) is 1. The molecule has 1 aliphatic carbocycles. The molecular weight excluding hydrogens is 164 g/mol. The first-order valence-electron chi connectivity index (χ1n) is 5.10. The lowest BCUT2D eigenvalue weighted by Crippen LogP contribution is -2.46. The van der Waals surface area contributed by atoms with Gasteiger partial charge in [0.1, 0.15) is 0 Å². The molecule has 1 fully saturated rings. The number of carbonyl (C=O) groups is 1. The van der Waals surface area contributed by atoms with Crippen molar-refractivity contribution in [1.29, 1.82) is 0 Å². The van der Waals surface area contributed by atoms with E-state index in [0.29, 0.717) is 6.04 Å². The van der Waals surface area contributed by atoms with Gasteiger partial charge in [0.05, 0.1) is 6.04 Å². The van der Waals surface area contributed by atoms with E-state index in [1.165, 1.54) is 12.8 Å². The van der Waals surface area contributed by atoms with Crippen LogP contribution in [0, 0.1) is 5.92 Å². The number of rotatable bonds is 4. The van der Waals surface area contributed by atoms with Crippen LogP contribution in [0.5, 0.6) is 0 Å². The van der Waals surface area contributed by atoms with Gasteiger partial charge in [0, 0.05) is 13.1 Å². The molecule has 0 radical (unpaired) electrons. The zero-order valence-corrected chi connectivity index (χ0v) is 8.79. The molecule has 1 amide bonds. The molecule has 0 aromatic rings. The summed E-state index contributed by atoms with van der Waals surface area (Å²) < 4.78 is 0. The Kier molecular flexibility index (Phi) is 3.31. The third-order valence-electron chi connectivity index (χ3n) is 3.02. The minimum absolute atomic E-state index is 0.0851. The monoisotopic (exact) mass is 184 g/mol. The van der Waals surface area contributed by atoms with Crippen molar-refractivity contribution >= 4 is 5.91 Å². The van der Waals surface area contributed by atoms with E-state index in [4.69, 9.17) is 5.73 Å². The predicted octanol–water partition coefficient (Wildman–Crippen LogP) is 0.981. The second-order valence-corrected chi connectivity index (χ2v) is 4.04. The van der Waals surface area contributed by atoms with Crippen molar-refractivity contribution in [2.24, 2.45) is 11.7 Å². The predicted molar refractivity (Wildman–Crippen MR) is 53.2 cm³/mol. The summed E-state index contributed by atoms with van der Waals surface area (Å²) in [5.74, 6) is 0.805. The molecule has 0 saturated heterocycles. The van der Waals surface area contributed by atoms with Gasteiger partial charge in [-0.15, -0.1) is 0 Å². The SMILES string of the molecule is CC[C@@H](N)C(=O)N(C)C(C)C1CC1. The number of nitrogens with two attached hydrogens (primary N) is 1. The minimum Gasteiger partial charge on any atom is -0.341 e. The summed E-state index contributed by atoms with van der Waals surface area (Å²) in [5.41, 5.74) is 5.68. The topological polar surface area (TPSA) is 46.3 Å². The van der Waals surface area contributed by atoms with Gasteiger partial charge in [0.15, 0.2) is 0 Å². The molecule has 1 unspecified atom stereocenters. The smallest absolute Gasteiger partial charge is 0.239 e. The number of carbonyl (C=O) groups excluding carboxylic acids is 1. The molecule has 0 aromatic heterocycles. The van der Waals surface area contributed by atoms with Crippen LogP contribution in [-0.2, 0) is 4.79 Å². The molecule has 1 rings (SSSR count). The molecular formula is C10H20N2O. The van der Waals surface area contributed by atoms with E-state index in [9.17, 15) is 4.79 Å². The molecule has 2 atom stereocenters. The van der Waals surface area contributed by atoms with Gasteiger partial charge in [-0.3, -0.25) is 4.79 Å². The average Bonchev–Trinajstić information content (AvgIpc) is 2.96. The molecule has 0 aromatic carbocycles. The average molecular weight is 184 g/mol. The van der Waals surface area contributed by atoms with Gasteiger partial charge < -0.3 is 10.6 Å². The number of amides is 1. The van der Waals surface area contributed by atoms with Gasteiger partial charge >= 0.3 is 0 Å². The molecule has 0 heterocycles. The van der Waals surface area contributed by atoms with Crippen LogP contribution < -0.4 is 5.73 Å². The van der Waals surface area contributed by atoms with Crippen molar-refractivity contribution in [3.63, 3.8) is 0 Å². The maximum atomic E-state index is 11.6. The summed E-state index contributed by atoms with van der Waals surface area (Å²) in [7, 11) is 1.86. The van der Waals surface area contributed by atoms with Crippen LogP contribution in [-0.4, -0.2) is 29.9 Å². The van der Waals surface area contributed by atoms with Crippen molar-refractivity contribution in [3.05, 3.63) is 0 Å². The molecule has 76 valence electrons. The summed E-state index contributed by atoms with van der Waals surface area (Å²) in [6.45, 7) is 4.05. The third kappa shape index (κ3) is 2.44. The number of hydrogen-bond donors (Lipinski definition) is 1. The van der Waals surface area contributed by atoms with Crippen LogP contribution in [0.2, 0.25) is 0 Å². The van der Waals surface area contributed by atoms with Crippen LogP contribution in [0.4, 0.5) is 0 Å². The first-order chi connectivity index (χ1) is 6.07. The van der Waals surface area contributed by atoms with E-state index in [-0.39, 0.29) is 11.9 Å². The van der Waals surface area contributed by atoms with E-state index in [2.05, 4.69) is 6.92 Å². The Morgan fingerprint density at radius 3 is 2.54 bits per heavy atom.